The topological polar surface area (TPSA) is 38.0 Å². The number of hydrogen-bond acceptors (Lipinski definition) is 3. The van der Waals surface area contributed by atoms with Crippen LogP contribution in [0, 0.1) is 6.92 Å². The second-order valence-electron chi connectivity index (χ2n) is 3.63. The fraction of sp³-hybridized carbons (Fsp3) is 0.167. The quantitative estimate of drug-likeness (QED) is 0.840. The van der Waals surface area contributed by atoms with E-state index in [-0.39, 0.29) is 0 Å². The van der Waals surface area contributed by atoms with Crippen LogP contribution in [0.25, 0.3) is 0 Å². The van der Waals surface area contributed by atoms with Gasteiger partial charge in [0.2, 0.25) is 0 Å². The molecule has 2 rings (SSSR count). The predicted molar refractivity (Wildman–Crippen MR) is 74.9 cm³/mol. The summed E-state index contributed by atoms with van der Waals surface area (Å²) in [5, 5.41) is 3.35. The zero-order chi connectivity index (χ0) is 11.5. The van der Waals surface area contributed by atoms with E-state index in [9.17, 15) is 0 Å². The maximum Gasteiger partial charge on any atom is 0.0702 e. The van der Waals surface area contributed by atoms with E-state index in [0.717, 1.165) is 27.3 Å². The first-order valence-electron chi connectivity index (χ1n) is 4.99. The number of rotatable bonds is 3. The van der Waals surface area contributed by atoms with E-state index >= 15 is 0 Å². The molecule has 0 spiro atoms. The molecule has 2 nitrogen and oxygen atoms in total. The smallest absolute Gasteiger partial charge is 0.0702 e. The van der Waals surface area contributed by atoms with Crippen molar-refractivity contribution < 1.29 is 0 Å². The molecule has 84 valence electrons. The van der Waals surface area contributed by atoms with E-state index in [0.29, 0.717) is 0 Å². The molecule has 1 aromatic carbocycles. The Morgan fingerprint density at radius 3 is 2.75 bits per heavy atom. The summed E-state index contributed by atoms with van der Waals surface area (Å²) >= 11 is 5.19. The van der Waals surface area contributed by atoms with Crippen LogP contribution in [0.15, 0.2) is 34.1 Å². The van der Waals surface area contributed by atoms with E-state index < -0.39 is 0 Å². The summed E-state index contributed by atoms with van der Waals surface area (Å²) in [6.45, 7) is 2.84. The summed E-state index contributed by atoms with van der Waals surface area (Å²) in [7, 11) is 0. The molecule has 0 aliphatic carbocycles. The minimum atomic E-state index is 0.831. The van der Waals surface area contributed by atoms with Crippen LogP contribution in [0.5, 0.6) is 0 Å². The van der Waals surface area contributed by atoms with E-state index in [1.807, 2.05) is 25.1 Å². The molecule has 0 saturated heterocycles. The first kappa shape index (κ1) is 11.5. The molecule has 1 aromatic heterocycles. The van der Waals surface area contributed by atoms with Crippen molar-refractivity contribution in [3.05, 3.63) is 44.6 Å². The highest BCUT2D eigenvalue weighted by Crippen LogP contribution is 2.23. The molecule has 0 fully saturated rings. The van der Waals surface area contributed by atoms with E-state index in [4.69, 9.17) is 5.73 Å². The molecule has 0 aliphatic rings. The first-order chi connectivity index (χ1) is 7.65. The Hall–Kier alpha value is -1.000. The van der Waals surface area contributed by atoms with Gasteiger partial charge in [-0.1, -0.05) is 6.07 Å². The third-order valence-electron chi connectivity index (χ3n) is 2.37. The maximum absolute atomic E-state index is 5.85. The van der Waals surface area contributed by atoms with Crippen molar-refractivity contribution in [3.8, 4) is 0 Å². The van der Waals surface area contributed by atoms with E-state index in [1.165, 1.54) is 4.88 Å². The number of benzene rings is 1. The van der Waals surface area contributed by atoms with Gasteiger partial charge in [-0.25, -0.2) is 0 Å². The number of aryl methyl sites for hydroxylation is 1. The second-order valence-corrected chi connectivity index (χ2v) is 6.18. The molecular weight excluding hydrogens is 284 g/mol. The Morgan fingerprint density at radius 2 is 2.12 bits per heavy atom. The monoisotopic (exact) mass is 296 g/mol. The standard InChI is InChI=1S/C12H13BrN2S/c1-8-2-3-9(6-11(8)14)15-7-10-4-5-12(13)16-10/h2-6,15H,7,14H2,1H3. The molecule has 0 amide bonds. The first-order valence-corrected chi connectivity index (χ1v) is 6.60. The average Bonchev–Trinajstić information content (AvgIpc) is 2.66. The third-order valence-corrected chi connectivity index (χ3v) is 4.00. The molecule has 0 saturated carbocycles. The largest absolute Gasteiger partial charge is 0.398 e. The predicted octanol–water partition coefficient (Wildman–Crippen LogP) is 4.01. The fourth-order valence-electron chi connectivity index (χ4n) is 1.39. The Kier molecular flexibility index (Phi) is 3.51. The number of halogens is 1. The molecule has 0 atom stereocenters. The lowest BCUT2D eigenvalue weighted by molar-refractivity contribution is 1.19. The number of anilines is 2. The van der Waals surface area contributed by atoms with Gasteiger partial charge >= 0.3 is 0 Å². The zero-order valence-corrected chi connectivity index (χ0v) is 11.4. The highest BCUT2D eigenvalue weighted by Gasteiger charge is 1.99. The lowest BCUT2D eigenvalue weighted by atomic mass is 10.2. The van der Waals surface area contributed by atoms with Gasteiger partial charge in [0.15, 0.2) is 0 Å². The maximum atomic E-state index is 5.85. The second kappa shape index (κ2) is 4.89. The van der Waals surface area contributed by atoms with E-state index in [2.05, 4.69) is 33.4 Å². The van der Waals surface area contributed by atoms with Crippen molar-refractivity contribution in [1.82, 2.24) is 0 Å². The van der Waals surface area contributed by atoms with Gasteiger partial charge in [0.1, 0.15) is 0 Å². The van der Waals surface area contributed by atoms with Crippen LogP contribution >= 0.6 is 27.3 Å². The molecule has 1 heterocycles. The summed E-state index contributed by atoms with van der Waals surface area (Å²) in [6.07, 6.45) is 0. The molecule has 3 N–H and O–H groups in total. The van der Waals surface area contributed by atoms with Crippen molar-refractivity contribution in [2.24, 2.45) is 0 Å². The van der Waals surface area contributed by atoms with Gasteiger partial charge in [-0.3, -0.25) is 0 Å². The van der Waals surface area contributed by atoms with Crippen LogP contribution < -0.4 is 11.1 Å². The third kappa shape index (κ3) is 2.77. The molecule has 0 unspecified atom stereocenters. The fourth-order valence-corrected chi connectivity index (χ4v) is 2.81. The highest BCUT2D eigenvalue weighted by atomic mass is 79.9. The van der Waals surface area contributed by atoms with Gasteiger partial charge < -0.3 is 11.1 Å². The molecule has 4 heteroatoms. The number of nitrogen functional groups attached to an aromatic ring is 1. The summed E-state index contributed by atoms with van der Waals surface area (Å²) in [5.41, 5.74) is 8.86. The Bertz CT molecular complexity index is 494. The van der Waals surface area contributed by atoms with Crippen LogP contribution in [0.1, 0.15) is 10.4 Å². The molecule has 0 bridgehead atoms. The normalized spacial score (nSPS) is 10.4. The Labute approximate surface area is 108 Å². The van der Waals surface area contributed by atoms with Crippen molar-refractivity contribution >= 4 is 38.6 Å². The molecular formula is C12H13BrN2S. The number of hydrogen-bond donors (Lipinski definition) is 2. The van der Waals surface area contributed by atoms with Crippen LogP contribution in [0.4, 0.5) is 11.4 Å². The van der Waals surface area contributed by atoms with Crippen LogP contribution in [-0.2, 0) is 6.54 Å². The van der Waals surface area contributed by atoms with Crippen LogP contribution in [-0.4, -0.2) is 0 Å². The average molecular weight is 297 g/mol. The molecule has 0 radical (unpaired) electrons. The van der Waals surface area contributed by atoms with Crippen LogP contribution in [0.2, 0.25) is 0 Å². The zero-order valence-electron chi connectivity index (χ0n) is 8.96. The van der Waals surface area contributed by atoms with Gasteiger partial charge in [0.25, 0.3) is 0 Å². The Balaban J connectivity index is 2.02. The SMILES string of the molecule is Cc1ccc(NCc2ccc(Br)s2)cc1N. The van der Waals surface area contributed by atoms with Crippen molar-refractivity contribution in [2.75, 3.05) is 11.1 Å². The van der Waals surface area contributed by atoms with Gasteiger partial charge in [0.05, 0.1) is 3.79 Å². The van der Waals surface area contributed by atoms with Crippen LogP contribution in [0.3, 0.4) is 0 Å². The summed E-state index contributed by atoms with van der Waals surface area (Å²) in [4.78, 5) is 1.30. The summed E-state index contributed by atoms with van der Waals surface area (Å²) in [5.74, 6) is 0. The van der Waals surface area contributed by atoms with Crippen molar-refractivity contribution in [1.29, 1.82) is 0 Å². The lowest BCUT2D eigenvalue weighted by Gasteiger charge is -2.07. The molecule has 2 aromatic rings. The Morgan fingerprint density at radius 1 is 1.31 bits per heavy atom. The molecule has 16 heavy (non-hydrogen) atoms. The van der Waals surface area contributed by atoms with Gasteiger partial charge in [-0.2, -0.15) is 0 Å². The number of nitrogens with one attached hydrogen (secondary N) is 1. The van der Waals surface area contributed by atoms with Gasteiger partial charge in [-0.15, -0.1) is 11.3 Å². The number of thiophene rings is 1. The highest BCUT2D eigenvalue weighted by molar-refractivity contribution is 9.11. The molecule has 0 aliphatic heterocycles. The summed E-state index contributed by atoms with van der Waals surface area (Å²) in [6, 6.07) is 10.2. The lowest BCUT2D eigenvalue weighted by Crippen LogP contribution is -1.98. The van der Waals surface area contributed by atoms with Crippen molar-refractivity contribution in [3.63, 3.8) is 0 Å². The minimum absolute atomic E-state index is 0.831. The van der Waals surface area contributed by atoms with Gasteiger partial charge in [0, 0.05) is 22.8 Å². The van der Waals surface area contributed by atoms with Gasteiger partial charge in [-0.05, 0) is 52.7 Å². The number of nitrogens with two attached hydrogens (primary N) is 1. The van der Waals surface area contributed by atoms with E-state index in [1.54, 1.807) is 11.3 Å². The summed E-state index contributed by atoms with van der Waals surface area (Å²) < 4.78 is 1.16. The minimum Gasteiger partial charge on any atom is -0.398 e. The van der Waals surface area contributed by atoms with Crippen molar-refractivity contribution in [2.45, 2.75) is 13.5 Å².